The molecule has 2 amide bonds. The van der Waals surface area contributed by atoms with Crippen LogP contribution in [0.5, 0.6) is 0 Å². The van der Waals surface area contributed by atoms with E-state index in [2.05, 4.69) is 4.98 Å². The van der Waals surface area contributed by atoms with Crippen molar-refractivity contribution in [1.82, 2.24) is 14.5 Å². The normalized spacial score (nSPS) is 18.7. The maximum Gasteiger partial charge on any atom is 0.227 e. The van der Waals surface area contributed by atoms with Crippen LogP contribution in [-0.2, 0) is 20.9 Å². The predicted octanol–water partition coefficient (Wildman–Crippen LogP) is 5.18. The standard InChI is InChI=1S/C24H22Cl3FN4O3/c1-13(33)30-7-8-35-15(11-30)12-32-19-5-4-16(25)22(28)23(19)29-24(32)21-17(26)9-14(10-18(21)27)31-6-2-3-20(31)34/h4-5,9-10,15H,2-3,6-8,11-12H2,1H3/t15-/m1/s1. The lowest BCUT2D eigenvalue weighted by molar-refractivity contribution is -0.136. The Kier molecular flexibility index (Phi) is 6.65. The zero-order valence-corrected chi connectivity index (χ0v) is 21.1. The van der Waals surface area contributed by atoms with Gasteiger partial charge in [0.25, 0.3) is 0 Å². The molecule has 1 aromatic heterocycles. The van der Waals surface area contributed by atoms with E-state index in [1.807, 2.05) is 0 Å². The smallest absolute Gasteiger partial charge is 0.227 e. The van der Waals surface area contributed by atoms with Crippen LogP contribution in [0.1, 0.15) is 19.8 Å². The van der Waals surface area contributed by atoms with Gasteiger partial charge in [0.05, 0.1) is 45.4 Å². The molecule has 2 aliphatic heterocycles. The van der Waals surface area contributed by atoms with E-state index in [9.17, 15) is 14.0 Å². The quantitative estimate of drug-likeness (QED) is 0.458. The van der Waals surface area contributed by atoms with Crippen LogP contribution in [0.3, 0.4) is 0 Å². The van der Waals surface area contributed by atoms with E-state index in [0.717, 1.165) is 6.42 Å². The van der Waals surface area contributed by atoms with Gasteiger partial charge in [-0.05, 0) is 30.7 Å². The number of imidazole rings is 1. The molecule has 2 aromatic carbocycles. The Morgan fingerprint density at radius 2 is 1.91 bits per heavy atom. The van der Waals surface area contributed by atoms with E-state index in [4.69, 9.17) is 39.5 Å². The van der Waals surface area contributed by atoms with E-state index >= 15 is 0 Å². The fourth-order valence-corrected chi connectivity index (χ4v) is 5.48. The van der Waals surface area contributed by atoms with E-state index in [1.54, 1.807) is 32.6 Å². The SMILES string of the molecule is CC(=O)N1CCO[C@@H](Cn2c(-c3c(Cl)cc(N4CCCC4=O)cc3Cl)nc3c(F)c(Cl)ccc32)C1. The Balaban J connectivity index is 1.61. The highest BCUT2D eigenvalue weighted by molar-refractivity contribution is 6.39. The first-order valence-electron chi connectivity index (χ1n) is 11.3. The van der Waals surface area contributed by atoms with Gasteiger partial charge >= 0.3 is 0 Å². The molecule has 2 fully saturated rings. The molecule has 1 atom stereocenters. The van der Waals surface area contributed by atoms with Crippen molar-refractivity contribution in [3.8, 4) is 11.4 Å². The average Bonchev–Trinajstić information content (AvgIpc) is 3.40. The lowest BCUT2D eigenvalue weighted by Crippen LogP contribution is -2.46. The van der Waals surface area contributed by atoms with Crippen LogP contribution in [-0.4, -0.2) is 58.6 Å². The van der Waals surface area contributed by atoms with Crippen molar-refractivity contribution in [2.75, 3.05) is 31.1 Å². The number of nitrogens with zero attached hydrogens (tertiary/aromatic N) is 4. The monoisotopic (exact) mass is 538 g/mol. The van der Waals surface area contributed by atoms with Crippen molar-refractivity contribution < 1.29 is 18.7 Å². The summed E-state index contributed by atoms with van der Waals surface area (Å²) >= 11 is 19.4. The largest absolute Gasteiger partial charge is 0.373 e. The Labute approximate surface area is 216 Å². The molecule has 0 aliphatic carbocycles. The van der Waals surface area contributed by atoms with E-state index < -0.39 is 5.82 Å². The van der Waals surface area contributed by atoms with Gasteiger partial charge in [0.15, 0.2) is 5.82 Å². The Morgan fingerprint density at radius 1 is 1.17 bits per heavy atom. The summed E-state index contributed by atoms with van der Waals surface area (Å²) in [6.45, 7) is 3.70. The molecule has 7 nitrogen and oxygen atoms in total. The van der Waals surface area contributed by atoms with Gasteiger partial charge < -0.3 is 19.1 Å². The van der Waals surface area contributed by atoms with Crippen LogP contribution < -0.4 is 4.90 Å². The minimum Gasteiger partial charge on any atom is -0.373 e. The summed E-state index contributed by atoms with van der Waals surface area (Å²) in [6.07, 6.45) is 0.900. The maximum absolute atomic E-state index is 15.0. The number of rotatable bonds is 4. The number of carbonyl (C=O) groups excluding carboxylic acids is 2. The third-order valence-corrected chi connectivity index (χ3v) is 7.31. The molecular weight excluding hydrogens is 518 g/mol. The second-order valence-electron chi connectivity index (χ2n) is 8.67. The number of hydrogen-bond donors (Lipinski definition) is 0. The number of ether oxygens (including phenoxy) is 1. The lowest BCUT2D eigenvalue weighted by Gasteiger charge is -2.33. The van der Waals surface area contributed by atoms with Gasteiger partial charge in [-0.15, -0.1) is 0 Å². The Morgan fingerprint density at radius 3 is 2.57 bits per heavy atom. The molecule has 0 N–H and O–H groups in total. The summed E-state index contributed by atoms with van der Waals surface area (Å²) in [4.78, 5) is 32.0. The summed E-state index contributed by atoms with van der Waals surface area (Å²) in [5.74, 6) is -0.326. The predicted molar refractivity (Wildman–Crippen MR) is 134 cm³/mol. The van der Waals surface area contributed by atoms with Crippen LogP contribution in [0.25, 0.3) is 22.4 Å². The molecule has 184 valence electrons. The average molecular weight is 540 g/mol. The van der Waals surface area contributed by atoms with Gasteiger partial charge in [0, 0.05) is 38.7 Å². The molecule has 2 saturated heterocycles. The Hall–Kier alpha value is -2.39. The summed E-state index contributed by atoms with van der Waals surface area (Å²) in [7, 11) is 0. The van der Waals surface area contributed by atoms with Crippen molar-refractivity contribution >= 4 is 63.3 Å². The molecule has 2 aliphatic rings. The summed E-state index contributed by atoms with van der Waals surface area (Å²) in [5, 5.41) is 0.515. The third kappa shape index (κ3) is 4.48. The highest BCUT2D eigenvalue weighted by atomic mass is 35.5. The number of carbonyl (C=O) groups is 2. The van der Waals surface area contributed by atoms with E-state index in [0.29, 0.717) is 55.3 Å². The molecule has 3 heterocycles. The zero-order chi connectivity index (χ0) is 24.9. The van der Waals surface area contributed by atoms with Crippen LogP contribution in [0.4, 0.5) is 10.1 Å². The Bertz CT molecular complexity index is 1320. The van der Waals surface area contributed by atoms with E-state index in [-0.39, 0.29) is 45.0 Å². The van der Waals surface area contributed by atoms with Crippen molar-refractivity contribution in [2.24, 2.45) is 0 Å². The van der Waals surface area contributed by atoms with Crippen LogP contribution >= 0.6 is 34.8 Å². The number of amides is 2. The number of benzene rings is 2. The fraction of sp³-hybridized carbons (Fsp3) is 0.375. The van der Waals surface area contributed by atoms with Crippen LogP contribution in [0, 0.1) is 5.82 Å². The number of hydrogen-bond acceptors (Lipinski definition) is 4. The molecule has 0 bridgehead atoms. The fourth-order valence-electron chi connectivity index (χ4n) is 4.68. The van der Waals surface area contributed by atoms with Crippen molar-refractivity contribution in [3.05, 3.63) is 45.2 Å². The number of anilines is 1. The van der Waals surface area contributed by atoms with Gasteiger partial charge in [-0.3, -0.25) is 9.59 Å². The highest BCUT2D eigenvalue weighted by Crippen LogP contribution is 2.41. The molecule has 0 spiro atoms. The summed E-state index contributed by atoms with van der Waals surface area (Å²) < 4.78 is 22.7. The molecule has 11 heteroatoms. The van der Waals surface area contributed by atoms with E-state index in [1.165, 1.54) is 13.0 Å². The third-order valence-electron chi connectivity index (χ3n) is 6.42. The molecule has 35 heavy (non-hydrogen) atoms. The molecule has 0 saturated carbocycles. The number of aromatic nitrogens is 2. The molecule has 3 aromatic rings. The molecular formula is C24H22Cl3FN4O3. The van der Waals surface area contributed by atoms with Crippen LogP contribution in [0.15, 0.2) is 24.3 Å². The highest BCUT2D eigenvalue weighted by Gasteiger charge is 2.28. The zero-order valence-electron chi connectivity index (χ0n) is 18.9. The summed E-state index contributed by atoms with van der Waals surface area (Å²) in [5.41, 5.74) is 1.60. The van der Waals surface area contributed by atoms with Gasteiger partial charge in [-0.2, -0.15) is 0 Å². The topological polar surface area (TPSA) is 67.7 Å². The lowest BCUT2D eigenvalue weighted by atomic mass is 10.1. The number of morpholine rings is 1. The van der Waals surface area contributed by atoms with Gasteiger partial charge in [-0.25, -0.2) is 9.37 Å². The van der Waals surface area contributed by atoms with Crippen molar-refractivity contribution in [3.63, 3.8) is 0 Å². The second-order valence-corrected chi connectivity index (χ2v) is 9.89. The minimum absolute atomic E-state index is 0.0123. The van der Waals surface area contributed by atoms with Gasteiger partial charge in [-0.1, -0.05) is 34.8 Å². The van der Waals surface area contributed by atoms with Crippen LogP contribution in [0.2, 0.25) is 15.1 Å². The van der Waals surface area contributed by atoms with Crippen molar-refractivity contribution in [2.45, 2.75) is 32.4 Å². The first-order valence-corrected chi connectivity index (χ1v) is 12.4. The minimum atomic E-state index is -0.648. The molecule has 0 unspecified atom stereocenters. The summed E-state index contributed by atoms with van der Waals surface area (Å²) in [6, 6.07) is 6.50. The molecule has 5 rings (SSSR count). The number of fused-ring (bicyclic) bond motifs is 1. The first-order chi connectivity index (χ1) is 16.7. The maximum atomic E-state index is 15.0. The van der Waals surface area contributed by atoms with Gasteiger partial charge in [0.1, 0.15) is 11.3 Å². The second kappa shape index (κ2) is 9.58. The van der Waals surface area contributed by atoms with Gasteiger partial charge in [0.2, 0.25) is 11.8 Å². The van der Waals surface area contributed by atoms with Crippen molar-refractivity contribution in [1.29, 1.82) is 0 Å². The number of halogens is 4. The first kappa shape index (κ1) is 24.3. The molecule has 0 radical (unpaired) electrons.